The average Bonchev–Trinajstić information content (AvgIpc) is 2.85. The van der Waals surface area contributed by atoms with Gasteiger partial charge in [-0.25, -0.2) is 9.37 Å². The van der Waals surface area contributed by atoms with Crippen molar-refractivity contribution >= 4 is 33.3 Å². The minimum absolute atomic E-state index is 0.175. The second-order valence-electron chi connectivity index (χ2n) is 4.30. The summed E-state index contributed by atoms with van der Waals surface area (Å²) in [7, 11) is 1.82. The molecule has 2 nitrogen and oxygen atoms in total. The summed E-state index contributed by atoms with van der Waals surface area (Å²) in [6.45, 7) is 0.514. The highest BCUT2D eigenvalue weighted by Crippen LogP contribution is 2.36. The maximum Gasteiger partial charge on any atom is 0.155 e. The summed E-state index contributed by atoms with van der Waals surface area (Å²) >= 11 is 3.16. The predicted octanol–water partition coefficient (Wildman–Crippen LogP) is 4.31. The molecule has 102 valence electrons. The van der Waals surface area contributed by atoms with E-state index < -0.39 is 0 Å². The van der Waals surface area contributed by atoms with Crippen LogP contribution in [0.1, 0.15) is 5.56 Å². The van der Waals surface area contributed by atoms with Gasteiger partial charge in [0.15, 0.2) is 4.34 Å². The van der Waals surface area contributed by atoms with Crippen LogP contribution in [0.15, 0.2) is 51.7 Å². The first-order valence-electron chi connectivity index (χ1n) is 6.23. The van der Waals surface area contributed by atoms with Gasteiger partial charge in [-0.05, 0) is 31.3 Å². The summed E-state index contributed by atoms with van der Waals surface area (Å²) in [5, 5.41) is 3.01. The van der Waals surface area contributed by atoms with Gasteiger partial charge in [-0.2, -0.15) is 0 Å². The predicted molar refractivity (Wildman–Crippen MR) is 82.9 cm³/mol. The summed E-state index contributed by atoms with van der Waals surface area (Å²) < 4.78 is 16.0. The zero-order chi connectivity index (χ0) is 13.9. The van der Waals surface area contributed by atoms with Crippen LogP contribution in [0.2, 0.25) is 0 Å². The quantitative estimate of drug-likeness (QED) is 0.777. The third-order valence-corrected chi connectivity index (χ3v) is 5.10. The van der Waals surface area contributed by atoms with Crippen LogP contribution >= 0.6 is 23.1 Å². The van der Waals surface area contributed by atoms with Gasteiger partial charge in [0.2, 0.25) is 0 Å². The first-order chi connectivity index (χ1) is 9.78. The molecular weight excluding hydrogens is 291 g/mol. The standard InChI is InChI=1S/C15H13FN2S2/c1-17-9-10-11(16)5-4-8-13(10)19-15-18-12-6-2-3-7-14(12)20-15/h2-8,17H,9H2,1H3. The molecule has 0 aliphatic carbocycles. The monoisotopic (exact) mass is 304 g/mol. The Morgan fingerprint density at radius 2 is 2.05 bits per heavy atom. The number of benzene rings is 2. The largest absolute Gasteiger partial charge is 0.316 e. The van der Waals surface area contributed by atoms with Crippen LogP contribution in [0, 0.1) is 5.82 Å². The molecule has 20 heavy (non-hydrogen) atoms. The number of rotatable bonds is 4. The van der Waals surface area contributed by atoms with Crippen molar-refractivity contribution in [2.75, 3.05) is 7.05 Å². The summed E-state index contributed by atoms with van der Waals surface area (Å²) in [6.07, 6.45) is 0. The number of hydrogen-bond donors (Lipinski definition) is 1. The van der Waals surface area contributed by atoms with Crippen molar-refractivity contribution in [2.24, 2.45) is 0 Å². The third kappa shape index (κ3) is 2.70. The summed E-state index contributed by atoms with van der Waals surface area (Å²) in [4.78, 5) is 5.49. The van der Waals surface area contributed by atoms with E-state index in [1.807, 2.05) is 31.3 Å². The van der Waals surface area contributed by atoms with Crippen molar-refractivity contribution in [3.8, 4) is 0 Å². The fourth-order valence-corrected chi connectivity index (χ4v) is 4.15. The number of nitrogens with zero attached hydrogens (tertiary/aromatic N) is 1. The van der Waals surface area contributed by atoms with Gasteiger partial charge in [0.05, 0.1) is 10.2 Å². The highest BCUT2D eigenvalue weighted by molar-refractivity contribution is 8.01. The smallest absolute Gasteiger partial charge is 0.155 e. The number of halogens is 1. The van der Waals surface area contributed by atoms with E-state index in [1.54, 1.807) is 17.4 Å². The Morgan fingerprint density at radius 3 is 2.85 bits per heavy atom. The molecule has 0 aliphatic heterocycles. The Bertz CT molecular complexity index is 707. The van der Waals surface area contributed by atoms with Crippen molar-refractivity contribution in [2.45, 2.75) is 15.8 Å². The van der Waals surface area contributed by atoms with Crippen LogP contribution in [0.4, 0.5) is 4.39 Å². The first-order valence-corrected chi connectivity index (χ1v) is 7.86. The van der Waals surface area contributed by atoms with Crippen molar-refractivity contribution in [3.05, 3.63) is 53.8 Å². The van der Waals surface area contributed by atoms with E-state index in [1.165, 1.54) is 17.8 Å². The van der Waals surface area contributed by atoms with Crippen LogP contribution in [-0.4, -0.2) is 12.0 Å². The normalized spacial score (nSPS) is 11.1. The van der Waals surface area contributed by atoms with E-state index in [0.717, 1.165) is 19.5 Å². The Balaban J connectivity index is 1.96. The van der Waals surface area contributed by atoms with Crippen LogP contribution in [0.5, 0.6) is 0 Å². The van der Waals surface area contributed by atoms with Gasteiger partial charge in [0, 0.05) is 17.0 Å². The molecule has 3 rings (SSSR count). The van der Waals surface area contributed by atoms with Gasteiger partial charge in [0.1, 0.15) is 5.82 Å². The highest BCUT2D eigenvalue weighted by Gasteiger charge is 2.11. The molecule has 3 aromatic rings. The molecule has 0 bridgehead atoms. The van der Waals surface area contributed by atoms with E-state index in [0.29, 0.717) is 12.1 Å². The van der Waals surface area contributed by atoms with E-state index in [-0.39, 0.29) is 5.82 Å². The molecule has 0 saturated carbocycles. The number of hydrogen-bond acceptors (Lipinski definition) is 4. The van der Waals surface area contributed by atoms with Crippen molar-refractivity contribution in [1.82, 2.24) is 10.3 Å². The van der Waals surface area contributed by atoms with Gasteiger partial charge in [0.25, 0.3) is 0 Å². The van der Waals surface area contributed by atoms with Gasteiger partial charge in [-0.15, -0.1) is 11.3 Å². The minimum Gasteiger partial charge on any atom is -0.316 e. The van der Waals surface area contributed by atoms with Crippen molar-refractivity contribution in [1.29, 1.82) is 0 Å². The fraction of sp³-hybridized carbons (Fsp3) is 0.133. The lowest BCUT2D eigenvalue weighted by atomic mass is 10.2. The molecule has 0 radical (unpaired) electrons. The summed E-state index contributed by atoms with van der Waals surface area (Å²) in [5.74, 6) is -0.175. The molecule has 0 saturated heterocycles. The lowest BCUT2D eigenvalue weighted by Crippen LogP contribution is -2.08. The molecule has 0 spiro atoms. The number of aromatic nitrogens is 1. The van der Waals surface area contributed by atoms with Crippen molar-refractivity contribution < 1.29 is 4.39 Å². The van der Waals surface area contributed by atoms with E-state index >= 15 is 0 Å². The molecule has 2 aromatic carbocycles. The van der Waals surface area contributed by atoms with Crippen LogP contribution in [0.3, 0.4) is 0 Å². The zero-order valence-electron chi connectivity index (χ0n) is 10.9. The Hall–Kier alpha value is -1.43. The van der Waals surface area contributed by atoms with E-state index in [9.17, 15) is 4.39 Å². The molecule has 0 amide bonds. The second kappa shape index (κ2) is 5.91. The van der Waals surface area contributed by atoms with Gasteiger partial charge in [-0.3, -0.25) is 0 Å². The Morgan fingerprint density at radius 1 is 1.20 bits per heavy atom. The number of thiazole rings is 1. The van der Waals surface area contributed by atoms with Gasteiger partial charge < -0.3 is 5.32 Å². The maximum absolute atomic E-state index is 13.9. The summed E-state index contributed by atoms with van der Waals surface area (Å²) in [5.41, 5.74) is 1.69. The molecule has 0 aliphatic rings. The Labute approximate surface area is 125 Å². The lowest BCUT2D eigenvalue weighted by Gasteiger charge is -2.08. The third-order valence-electron chi connectivity index (χ3n) is 2.90. The molecule has 0 unspecified atom stereocenters. The molecule has 5 heteroatoms. The molecule has 1 heterocycles. The van der Waals surface area contributed by atoms with Gasteiger partial charge in [-0.1, -0.05) is 30.0 Å². The molecule has 1 aromatic heterocycles. The van der Waals surface area contributed by atoms with E-state index in [4.69, 9.17) is 0 Å². The van der Waals surface area contributed by atoms with Crippen LogP contribution in [0.25, 0.3) is 10.2 Å². The highest BCUT2D eigenvalue weighted by atomic mass is 32.2. The maximum atomic E-state index is 13.9. The molecule has 0 fully saturated rings. The number of para-hydroxylation sites is 1. The van der Waals surface area contributed by atoms with Crippen LogP contribution in [-0.2, 0) is 6.54 Å². The second-order valence-corrected chi connectivity index (χ2v) is 6.62. The lowest BCUT2D eigenvalue weighted by molar-refractivity contribution is 0.594. The molecule has 0 atom stereocenters. The van der Waals surface area contributed by atoms with E-state index in [2.05, 4.69) is 16.4 Å². The molecular formula is C15H13FN2S2. The van der Waals surface area contributed by atoms with Gasteiger partial charge >= 0.3 is 0 Å². The topological polar surface area (TPSA) is 24.9 Å². The molecule has 1 N–H and O–H groups in total. The summed E-state index contributed by atoms with van der Waals surface area (Å²) in [6, 6.07) is 13.2. The average molecular weight is 304 g/mol. The zero-order valence-corrected chi connectivity index (χ0v) is 12.5. The van der Waals surface area contributed by atoms with Crippen LogP contribution < -0.4 is 5.32 Å². The number of fused-ring (bicyclic) bond motifs is 1. The first kappa shape index (κ1) is 13.5. The fourth-order valence-electron chi connectivity index (χ4n) is 1.97. The van der Waals surface area contributed by atoms with Crippen molar-refractivity contribution in [3.63, 3.8) is 0 Å². The minimum atomic E-state index is -0.175. The Kier molecular flexibility index (Phi) is 4.00. The SMILES string of the molecule is CNCc1c(F)cccc1Sc1nc2ccccc2s1. The number of nitrogens with one attached hydrogen (secondary N) is 1.